The van der Waals surface area contributed by atoms with E-state index in [0.717, 1.165) is 25.0 Å². The van der Waals surface area contributed by atoms with Gasteiger partial charge in [-0.1, -0.05) is 25.1 Å². The number of benzene rings is 1. The third-order valence-electron chi connectivity index (χ3n) is 3.44. The number of methoxy groups -OCH3 is 1. The lowest BCUT2D eigenvalue weighted by Crippen LogP contribution is -2.18. The normalized spacial score (nSPS) is 30.5. The molecule has 2 rings (SSSR count). The molecule has 1 aromatic carbocycles. The maximum atomic E-state index is 6.20. The molecule has 0 bridgehead atoms. The number of para-hydroxylation sites is 1. The van der Waals surface area contributed by atoms with Crippen molar-refractivity contribution in [2.45, 2.75) is 37.0 Å². The molecule has 0 N–H and O–H groups in total. The van der Waals surface area contributed by atoms with Gasteiger partial charge in [-0.2, -0.15) is 0 Å². The van der Waals surface area contributed by atoms with Crippen LogP contribution in [-0.2, 0) is 5.41 Å². The summed E-state index contributed by atoms with van der Waals surface area (Å²) in [6.45, 7) is 2.28. The van der Waals surface area contributed by atoms with Gasteiger partial charge in [0.2, 0.25) is 0 Å². The maximum Gasteiger partial charge on any atom is 0.122 e. The van der Waals surface area contributed by atoms with Crippen LogP contribution in [0.4, 0.5) is 0 Å². The van der Waals surface area contributed by atoms with E-state index in [0.29, 0.717) is 5.38 Å². The van der Waals surface area contributed by atoms with Crippen LogP contribution in [0.15, 0.2) is 24.3 Å². The van der Waals surface area contributed by atoms with Gasteiger partial charge in [-0.15, -0.1) is 11.6 Å². The lowest BCUT2D eigenvalue weighted by molar-refractivity contribution is 0.386. The number of hydrogen-bond acceptors (Lipinski definition) is 1. The summed E-state index contributed by atoms with van der Waals surface area (Å²) in [7, 11) is 1.73. The van der Waals surface area contributed by atoms with Gasteiger partial charge in [0.1, 0.15) is 5.75 Å². The molecule has 1 aromatic rings. The Morgan fingerprint density at radius 3 is 2.73 bits per heavy atom. The molecule has 0 heterocycles. The van der Waals surface area contributed by atoms with Crippen LogP contribution in [0.2, 0.25) is 0 Å². The molecule has 15 heavy (non-hydrogen) atoms. The van der Waals surface area contributed by atoms with Crippen molar-refractivity contribution in [2.24, 2.45) is 0 Å². The van der Waals surface area contributed by atoms with Crippen LogP contribution in [-0.4, -0.2) is 12.5 Å². The Kier molecular flexibility index (Phi) is 2.92. The molecule has 1 aliphatic carbocycles. The minimum absolute atomic E-state index is 0.193. The largest absolute Gasteiger partial charge is 0.496 e. The van der Waals surface area contributed by atoms with E-state index >= 15 is 0 Å². The summed E-state index contributed by atoms with van der Waals surface area (Å²) < 4.78 is 5.42. The fourth-order valence-electron chi connectivity index (χ4n) is 2.56. The summed E-state index contributed by atoms with van der Waals surface area (Å²) in [6, 6.07) is 8.28. The van der Waals surface area contributed by atoms with Gasteiger partial charge in [0, 0.05) is 10.9 Å². The second-order valence-corrected chi connectivity index (χ2v) is 5.22. The van der Waals surface area contributed by atoms with Gasteiger partial charge < -0.3 is 4.74 Å². The second-order valence-electron chi connectivity index (χ2n) is 4.60. The highest BCUT2D eigenvalue weighted by atomic mass is 35.5. The highest BCUT2D eigenvalue weighted by Gasteiger charge is 2.37. The summed E-state index contributed by atoms with van der Waals surface area (Å²) >= 11 is 6.20. The van der Waals surface area contributed by atoms with Gasteiger partial charge in [0.15, 0.2) is 0 Å². The lowest BCUT2D eigenvalue weighted by Gasteiger charge is -2.26. The third kappa shape index (κ3) is 1.98. The summed E-state index contributed by atoms with van der Waals surface area (Å²) in [4.78, 5) is 0. The SMILES string of the molecule is COc1ccccc1C1(C)CCC(Cl)C1. The number of ether oxygens (including phenoxy) is 1. The minimum Gasteiger partial charge on any atom is -0.496 e. The van der Waals surface area contributed by atoms with Crippen molar-refractivity contribution < 1.29 is 4.74 Å². The zero-order valence-electron chi connectivity index (χ0n) is 9.29. The van der Waals surface area contributed by atoms with Crippen LogP contribution < -0.4 is 4.74 Å². The molecule has 0 spiro atoms. The average molecular weight is 225 g/mol. The van der Waals surface area contributed by atoms with Crippen LogP contribution >= 0.6 is 11.6 Å². The van der Waals surface area contributed by atoms with Crippen molar-refractivity contribution in [3.05, 3.63) is 29.8 Å². The zero-order valence-corrected chi connectivity index (χ0v) is 10.1. The number of alkyl halides is 1. The Bertz CT molecular complexity index is 350. The highest BCUT2D eigenvalue weighted by Crippen LogP contribution is 2.45. The minimum atomic E-state index is 0.193. The van der Waals surface area contributed by atoms with Crippen molar-refractivity contribution in [2.75, 3.05) is 7.11 Å². The number of halogens is 1. The maximum absolute atomic E-state index is 6.20. The van der Waals surface area contributed by atoms with E-state index in [9.17, 15) is 0 Å². The van der Waals surface area contributed by atoms with Crippen molar-refractivity contribution in [3.8, 4) is 5.75 Å². The number of rotatable bonds is 2. The summed E-state index contributed by atoms with van der Waals surface area (Å²) in [6.07, 6.45) is 3.31. The molecule has 2 unspecified atom stereocenters. The molecule has 0 radical (unpaired) electrons. The quantitative estimate of drug-likeness (QED) is 0.696. The molecule has 0 aliphatic heterocycles. The Morgan fingerprint density at radius 1 is 1.40 bits per heavy atom. The monoisotopic (exact) mass is 224 g/mol. The average Bonchev–Trinajstić information content (AvgIpc) is 2.60. The molecule has 0 amide bonds. The fourth-order valence-corrected chi connectivity index (χ4v) is 3.01. The molecule has 0 saturated heterocycles. The second kappa shape index (κ2) is 4.05. The van der Waals surface area contributed by atoms with E-state index in [1.54, 1.807) is 7.11 Å². The van der Waals surface area contributed by atoms with E-state index in [1.807, 2.05) is 12.1 Å². The van der Waals surface area contributed by atoms with Crippen LogP contribution in [0.1, 0.15) is 31.7 Å². The molecule has 0 aromatic heterocycles. The van der Waals surface area contributed by atoms with Crippen LogP contribution in [0, 0.1) is 0 Å². The molecule has 82 valence electrons. The zero-order chi connectivity index (χ0) is 10.9. The first-order valence-electron chi connectivity index (χ1n) is 5.43. The van der Waals surface area contributed by atoms with Crippen LogP contribution in [0.5, 0.6) is 5.75 Å². The van der Waals surface area contributed by atoms with Gasteiger partial charge in [0.25, 0.3) is 0 Å². The fraction of sp³-hybridized carbons (Fsp3) is 0.538. The third-order valence-corrected chi connectivity index (χ3v) is 3.81. The topological polar surface area (TPSA) is 9.23 Å². The number of hydrogen-bond donors (Lipinski definition) is 0. The molecule has 2 heteroatoms. The van der Waals surface area contributed by atoms with Gasteiger partial charge >= 0.3 is 0 Å². The summed E-state index contributed by atoms with van der Waals surface area (Å²) in [5, 5.41) is 0.319. The van der Waals surface area contributed by atoms with E-state index in [2.05, 4.69) is 19.1 Å². The lowest BCUT2D eigenvalue weighted by atomic mass is 9.80. The van der Waals surface area contributed by atoms with Crippen molar-refractivity contribution in [1.29, 1.82) is 0 Å². The Labute approximate surface area is 96.4 Å². The highest BCUT2D eigenvalue weighted by molar-refractivity contribution is 6.20. The Morgan fingerprint density at radius 2 is 2.13 bits per heavy atom. The first-order valence-corrected chi connectivity index (χ1v) is 5.87. The van der Waals surface area contributed by atoms with Crippen molar-refractivity contribution in [1.82, 2.24) is 0 Å². The predicted octanol–water partition coefficient (Wildman–Crippen LogP) is 3.74. The molecule has 1 saturated carbocycles. The standard InChI is InChI=1S/C13H17ClO/c1-13(8-7-10(14)9-13)11-5-3-4-6-12(11)15-2/h3-6,10H,7-9H2,1-2H3. The van der Waals surface area contributed by atoms with Crippen molar-refractivity contribution >= 4 is 11.6 Å². The van der Waals surface area contributed by atoms with Crippen LogP contribution in [0.25, 0.3) is 0 Å². The van der Waals surface area contributed by atoms with Crippen molar-refractivity contribution in [3.63, 3.8) is 0 Å². The molecular weight excluding hydrogens is 208 g/mol. The molecule has 1 aliphatic rings. The van der Waals surface area contributed by atoms with Gasteiger partial charge in [0.05, 0.1) is 7.11 Å². The van der Waals surface area contributed by atoms with Gasteiger partial charge in [-0.3, -0.25) is 0 Å². The van der Waals surface area contributed by atoms with E-state index in [-0.39, 0.29) is 5.41 Å². The summed E-state index contributed by atoms with van der Waals surface area (Å²) in [5.41, 5.74) is 1.50. The van der Waals surface area contributed by atoms with Gasteiger partial charge in [-0.25, -0.2) is 0 Å². The smallest absolute Gasteiger partial charge is 0.122 e. The predicted molar refractivity (Wildman–Crippen MR) is 63.8 cm³/mol. The Balaban J connectivity index is 2.36. The van der Waals surface area contributed by atoms with E-state index < -0.39 is 0 Å². The molecular formula is C13H17ClO. The Hall–Kier alpha value is -0.690. The van der Waals surface area contributed by atoms with Gasteiger partial charge in [-0.05, 0) is 30.7 Å². The first kappa shape index (κ1) is 10.8. The van der Waals surface area contributed by atoms with E-state index in [4.69, 9.17) is 16.3 Å². The first-order chi connectivity index (χ1) is 7.15. The molecule has 1 nitrogen and oxygen atoms in total. The van der Waals surface area contributed by atoms with E-state index in [1.165, 1.54) is 5.56 Å². The summed E-state index contributed by atoms with van der Waals surface area (Å²) in [5.74, 6) is 0.991. The molecule has 1 fully saturated rings. The van der Waals surface area contributed by atoms with Crippen LogP contribution in [0.3, 0.4) is 0 Å². The molecule has 2 atom stereocenters.